The van der Waals surface area contributed by atoms with Crippen molar-refractivity contribution >= 4 is 17.3 Å². The number of carbonyl (C=O) groups excluding carboxylic acids is 1. The van der Waals surface area contributed by atoms with Crippen molar-refractivity contribution in [2.24, 2.45) is 0 Å². The average molecular weight is 289 g/mol. The van der Waals surface area contributed by atoms with Gasteiger partial charge in [-0.1, -0.05) is 12.1 Å². The fourth-order valence-electron chi connectivity index (χ4n) is 3.13. The first kappa shape index (κ1) is 14.4. The summed E-state index contributed by atoms with van der Waals surface area (Å²) in [5, 5.41) is 15.6. The van der Waals surface area contributed by atoms with Crippen LogP contribution in [0.5, 0.6) is 0 Å². The molecule has 1 amide bonds. The number of carbonyl (C=O) groups is 1. The van der Waals surface area contributed by atoms with Crippen LogP contribution in [-0.2, 0) is 4.79 Å². The van der Waals surface area contributed by atoms with Gasteiger partial charge in [0.25, 0.3) is 0 Å². The van der Waals surface area contributed by atoms with Gasteiger partial charge in [0, 0.05) is 19.6 Å². The van der Waals surface area contributed by atoms with E-state index in [-0.39, 0.29) is 11.9 Å². The lowest BCUT2D eigenvalue weighted by Crippen LogP contribution is -2.36. The largest absolute Gasteiger partial charge is 0.392 e. The number of aliphatic hydroxyl groups is 1. The number of amides is 1. The molecule has 2 atom stereocenters. The zero-order valence-electron chi connectivity index (χ0n) is 12.2. The quantitative estimate of drug-likeness (QED) is 0.786. The second-order valence-electron chi connectivity index (χ2n) is 5.90. The lowest BCUT2D eigenvalue weighted by Gasteiger charge is -2.30. The third-order valence-electron chi connectivity index (χ3n) is 4.28. The van der Waals surface area contributed by atoms with E-state index < -0.39 is 6.10 Å². The van der Waals surface area contributed by atoms with Gasteiger partial charge in [0.15, 0.2) is 0 Å². The van der Waals surface area contributed by atoms with Crippen LogP contribution < -0.4 is 15.5 Å². The molecule has 0 bridgehead atoms. The molecule has 2 aliphatic heterocycles. The van der Waals surface area contributed by atoms with Crippen molar-refractivity contribution in [2.75, 3.05) is 29.9 Å². The molecule has 1 aromatic carbocycles. The Morgan fingerprint density at radius 1 is 1.24 bits per heavy atom. The van der Waals surface area contributed by atoms with Crippen LogP contribution in [-0.4, -0.2) is 42.8 Å². The van der Waals surface area contributed by atoms with E-state index in [2.05, 4.69) is 21.6 Å². The van der Waals surface area contributed by atoms with E-state index in [1.165, 1.54) is 19.3 Å². The van der Waals surface area contributed by atoms with Crippen LogP contribution in [0.15, 0.2) is 24.3 Å². The van der Waals surface area contributed by atoms with Crippen molar-refractivity contribution in [1.29, 1.82) is 0 Å². The van der Waals surface area contributed by atoms with E-state index in [4.69, 9.17) is 0 Å². The number of benzene rings is 1. The number of hydrogen-bond acceptors (Lipinski definition) is 4. The van der Waals surface area contributed by atoms with E-state index in [0.29, 0.717) is 13.0 Å². The predicted molar refractivity (Wildman–Crippen MR) is 83.6 cm³/mol. The van der Waals surface area contributed by atoms with Gasteiger partial charge in [0.1, 0.15) is 0 Å². The molecule has 5 heteroatoms. The molecule has 3 rings (SSSR count). The van der Waals surface area contributed by atoms with E-state index in [1.807, 2.05) is 18.2 Å². The van der Waals surface area contributed by atoms with Crippen molar-refractivity contribution in [3.05, 3.63) is 24.3 Å². The minimum absolute atomic E-state index is 0.0593. The highest BCUT2D eigenvalue weighted by Gasteiger charge is 2.28. The Morgan fingerprint density at radius 3 is 2.71 bits per heavy atom. The standard InChI is InChI=1S/C16H23N3O2/c20-12-10-14(17-11-12)16(21)18-13-6-2-3-7-15(13)19-8-4-1-5-9-19/h2-3,6-7,12,14,17,20H,1,4-5,8-11H2,(H,18,21). The molecule has 0 saturated carbocycles. The van der Waals surface area contributed by atoms with Crippen molar-refractivity contribution in [1.82, 2.24) is 5.32 Å². The minimum atomic E-state index is -0.418. The highest BCUT2D eigenvalue weighted by molar-refractivity contribution is 5.98. The molecule has 0 aromatic heterocycles. The minimum Gasteiger partial charge on any atom is -0.392 e. The number of nitrogens with zero attached hydrogens (tertiary/aromatic N) is 1. The zero-order chi connectivity index (χ0) is 14.7. The number of piperidine rings is 1. The summed E-state index contributed by atoms with van der Waals surface area (Å²) in [5.41, 5.74) is 1.97. The van der Waals surface area contributed by atoms with Gasteiger partial charge in [-0.05, 0) is 37.8 Å². The predicted octanol–water partition coefficient (Wildman–Crippen LogP) is 1.34. The summed E-state index contributed by atoms with van der Waals surface area (Å²) in [6.07, 6.45) is 3.77. The van der Waals surface area contributed by atoms with E-state index in [1.54, 1.807) is 0 Å². The van der Waals surface area contributed by atoms with Crippen LogP contribution >= 0.6 is 0 Å². The topological polar surface area (TPSA) is 64.6 Å². The molecule has 5 nitrogen and oxygen atoms in total. The van der Waals surface area contributed by atoms with E-state index in [9.17, 15) is 9.90 Å². The molecular formula is C16H23N3O2. The van der Waals surface area contributed by atoms with Crippen LogP contribution in [0.3, 0.4) is 0 Å². The summed E-state index contributed by atoms with van der Waals surface area (Å²) in [4.78, 5) is 14.6. The molecular weight excluding hydrogens is 266 g/mol. The Bertz CT molecular complexity index is 500. The van der Waals surface area contributed by atoms with Crippen LogP contribution in [0.25, 0.3) is 0 Å². The lowest BCUT2D eigenvalue weighted by atomic mass is 10.1. The number of aliphatic hydroxyl groups excluding tert-OH is 1. The van der Waals surface area contributed by atoms with Crippen LogP contribution in [0, 0.1) is 0 Å². The molecule has 3 N–H and O–H groups in total. The lowest BCUT2D eigenvalue weighted by molar-refractivity contribution is -0.117. The van der Waals surface area contributed by atoms with Gasteiger partial charge < -0.3 is 20.6 Å². The molecule has 0 aliphatic carbocycles. The molecule has 2 saturated heterocycles. The molecule has 2 aliphatic rings. The van der Waals surface area contributed by atoms with Crippen molar-refractivity contribution in [2.45, 2.75) is 37.8 Å². The van der Waals surface area contributed by atoms with E-state index >= 15 is 0 Å². The number of β-amino-alcohol motifs (C(OH)–C–C–N with tert-alkyl or cyclic N) is 1. The van der Waals surface area contributed by atoms with Crippen LogP contribution in [0.4, 0.5) is 11.4 Å². The first-order valence-electron chi connectivity index (χ1n) is 7.80. The van der Waals surface area contributed by atoms with Gasteiger partial charge >= 0.3 is 0 Å². The second-order valence-corrected chi connectivity index (χ2v) is 5.90. The molecule has 0 radical (unpaired) electrons. The summed E-state index contributed by atoms with van der Waals surface area (Å²) in [7, 11) is 0. The summed E-state index contributed by atoms with van der Waals surface area (Å²) >= 11 is 0. The Kier molecular flexibility index (Phi) is 4.41. The van der Waals surface area contributed by atoms with Gasteiger partial charge in [-0.25, -0.2) is 0 Å². The SMILES string of the molecule is O=C(Nc1ccccc1N1CCCCC1)C1CC(O)CN1. The van der Waals surface area contributed by atoms with E-state index in [0.717, 1.165) is 24.5 Å². The molecule has 2 unspecified atom stereocenters. The maximum absolute atomic E-state index is 12.3. The molecule has 2 fully saturated rings. The number of nitrogens with one attached hydrogen (secondary N) is 2. The second kappa shape index (κ2) is 6.45. The first-order chi connectivity index (χ1) is 10.2. The van der Waals surface area contributed by atoms with Crippen LogP contribution in [0.2, 0.25) is 0 Å². The summed E-state index contributed by atoms with van der Waals surface area (Å²) < 4.78 is 0. The average Bonchev–Trinajstić information content (AvgIpc) is 2.95. The van der Waals surface area contributed by atoms with Gasteiger partial charge in [0.2, 0.25) is 5.91 Å². The molecule has 1 aromatic rings. The molecule has 0 spiro atoms. The Balaban J connectivity index is 1.71. The van der Waals surface area contributed by atoms with Gasteiger partial charge in [-0.3, -0.25) is 4.79 Å². The smallest absolute Gasteiger partial charge is 0.241 e. The molecule has 2 heterocycles. The normalized spacial score (nSPS) is 25.9. The zero-order valence-corrected chi connectivity index (χ0v) is 12.2. The maximum Gasteiger partial charge on any atom is 0.241 e. The van der Waals surface area contributed by atoms with Gasteiger partial charge in [0.05, 0.1) is 23.5 Å². The van der Waals surface area contributed by atoms with Crippen LogP contribution in [0.1, 0.15) is 25.7 Å². The monoisotopic (exact) mass is 289 g/mol. The van der Waals surface area contributed by atoms with Crippen molar-refractivity contribution in [3.8, 4) is 0 Å². The van der Waals surface area contributed by atoms with Crippen molar-refractivity contribution < 1.29 is 9.90 Å². The maximum atomic E-state index is 12.3. The summed E-state index contributed by atoms with van der Waals surface area (Å²) in [6, 6.07) is 7.68. The van der Waals surface area contributed by atoms with Gasteiger partial charge in [-0.15, -0.1) is 0 Å². The van der Waals surface area contributed by atoms with Gasteiger partial charge in [-0.2, -0.15) is 0 Å². The first-order valence-corrected chi connectivity index (χ1v) is 7.80. The third-order valence-corrected chi connectivity index (χ3v) is 4.28. The Hall–Kier alpha value is -1.59. The fraction of sp³-hybridized carbons (Fsp3) is 0.562. The Morgan fingerprint density at radius 2 is 2.00 bits per heavy atom. The van der Waals surface area contributed by atoms with Crippen molar-refractivity contribution in [3.63, 3.8) is 0 Å². The summed E-state index contributed by atoms with van der Waals surface area (Å²) in [6.45, 7) is 2.59. The highest BCUT2D eigenvalue weighted by atomic mass is 16.3. The Labute approximate surface area is 125 Å². The third kappa shape index (κ3) is 3.36. The summed E-state index contributed by atoms with van der Waals surface area (Å²) in [5.74, 6) is -0.0593. The number of anilines is 2. The highest BCUT2D eigenvalue weighted by Crippen LogP contribution is 2.28. The number of rotatable bonds is 3. The fourth-order valence-corrected chi connectivity index (χ4v) is 3.13. The molecule has 21 heavy (non-hydrogen) atoms. The number of para-hydroxylation sites is 2. The number of hydrogen-bond donors (Lipinski definition) is 3. The molecule has 114 valence electrons.